The summed E-state index contributed by atoms with van der Waals surface area (Å²) in [5.41, 5.74) is 0.921. The van der Waals surface area contributed by atoms with Crippen LogP contribution in [-0.4, -0.2) is 69.9 Å². The van der Waals surface area contributed by atoms with E-state index in [1.54, 1.807) is 23.2 Å². The van der Waals surface area contributed by atoms with E-state index in [0.717, 1.165) is 25.0 Å². The molecule has 2 aliphatic carbocycles. The van der Waals surface area contributed by atoms with Gasteiger partial charge in [-0.1, -0.05) is 20.8 Å². The fourth-order valence-electron chi connectivity index (χ4n) is 7.27. The van der Waals surface area contributed by atoms with Crippen LogP contribution in [0.2, 0.25) is 0 Å². The molecule has 0 bridgehead atoms. The monoisotopic (exact) mass is 532 g/mol. The highest BCUT2D eigenvalue weighted by Crippen LogP contribution is 2.57. The summed E-state index contributed by atoms with van der Waals surface area (Å²) in [6, 6.07) is 0. The summed E-state index contributed by atoms with van der Waals surface area (Å²) in [4.78, 5) is 47.4. The molecule has 6 atom stereocenters. The Balaban J connectivity index is 1.47. The highest BCUT2D eigenvalue weighted by atomic mass is 32.1. The number of amides is 3. The zero-order valence-electron chi connectivity index (χ0n) is 23.2. The first-order valence-electron chi connectivity index (χ1n) is 14.0. The molecule has 1 aromatic heterocycles. The van der Waals surface area contributed by atoms with Crippen molar-refractivity contribution < 1.29 is 19.5 Å². The van der Waals surface area contributed by atoms with Gasteiger partial charge in [0.15, 0.2) is 5.13 Å². The van der Waals surface area contributed by atoms with Gasteiger partial charge in [-0.15, -0.1) is 11.3 Å². The molecule has 1 saturated carbocycles. The zero-order chi connectivity index (χ0) is 27.1. The van der Waals surface area contributed by atoms with Gasteiger partial charge in [0.05, 0.1) is 11.8 Å². The maximum atomic E-state index is 13.1. The second-order valence-corrected chi connectivity index (χ2v) is 12.8. The third-order valence-corrected chi connectivity index (χ3v) is 10.6. The van der Waals surface area contributed by atoms with Crippen LogP contribution in [0.5, 0.6) is 0 Å². The van der Waals surface area contributed by atoms with Gasteiger partial charge in [-0.05, 0) is 63.2 Å². The van der Waals surface area contributed by atoms with Crippen molar-refractivity contribution in [3.63, 3.8) is 0 Å². The standard InChI is InChI=1S/C28H44N4O4S/c1-7-31(8-2)26(36)16(3)20-9-12-28(6)15-21-23(17(4)22(28)24(20)34)29-27(37-21)30-25(35)19-10-13-32(14-11-19)18(5)33/h16-17,19-20,22,24,34H,7-15H2,1-6H3,(H,29,30,35)/t16-,17-,20+,22+,24-,28+/m0/s1. The maximum Gasteiger partial charge on any atom is 0.229 e. The second kappa shape index (κ2) is 11.0. The van der Waals surface area contributed by atoms with E-state index in [-0.39, 0.29) is 52.7 Å². The van der Waals surface area contributed by atoms with Crippen LogP contribution in [0.1, 0.15) is 83.7 Å². The minimum Gasteiger partial charge on any atom is -0.392 e. The lowest BCUT2D eigenvalue weighted by atomic mass is 9.53. The molecule has 0 radical (unpaired) electrons. The topological polar surface area (TPSA) is 103 Å². The summed E-state index contributed by atoms with van der Waals surface area (Å²) in [7, 11) is 0. The Morgan fingerprint density at radius 2 is 1.86 bits per heavy atom. The predicted molar refractivity (Wildman–Crippen MR) is 145 cm³/mol. The highest BCUT2D eigenvalue weighted by molar-refractivity contribution is 7.15. The number of aliphatic hydroxyl groups excluding tert-OH is 1. The van der Waals surface area contributed by atoms with E-state index in [0.29, 0.717) is 44.2 Å². The zero-order valence-corrected chi connectivity index (χ0v) is 24.1. The number of aliphatic hydroxyl groups is 1. The summed E-state index contributed by atoms with van der Waals surface area (Å²) in [6.07, 6.45) is 3.42. The summed E-state index contributed by atoms with van der Waals surface area (Å²) in [5, 5.41) is 15.4. The number of carbonyl (C=O) groups excluding carboxylic acids is 3. The van der Waals surface area contributed by atoms with E-state index in [4.69, 9.17) is 4.98 Å². The van der Waals surface area contributed by atoms with Crippen LogP contribution >= 0.6 is 11.3 Å². The Morgan fingerprint density at radius 3 is 2.46 bits per heavy atom. The minimum absolute atomic E-state index is 0.0191. The number of nitrogens with zero attached hydrogens (tertiary/aromatic N) is 3. The molecule has 8 nitrogen and oxygen atoms in total. The van der Waals surface area contributed by atoms with E-state index in [2.05, 4.69) is 19.2 Å². The Hall–Kier alpha value is -2.00. The molecule has 3 aliphatic rings. The van der Waals surface area contributed by atoms with E-state index in [1.807, 2.05) is 25.7 Å². The van der Waals surface area contributed by atoms with Crippen molar-refractivity contribution in [2.24, 2.45) is 29.1 Å². The number of thiazole rings is 1. The Morgan fingerprint density at radius 1 is 1.22 bits per heavy atom. The van der Waals surface area contributed by atoms with E-state index >= 15 is 0 Å². The van der Waals surface area contributed by atoms with Gasteiger partial charge in [-0.25, -0.2) is 4.98 Å². The smallest absolute Gasteiger partial charge is 0.229 e. The molecular weight excluding hydrogens is 488 g/mol. The van der Waals surface area contributed by atoms with Crippen molar-refractivity contribution in [3.05, 3.63) is 10.6 Å². The van der Waals surface area contributed by atoms with Crippen molar-refractivity contribution in [1.82, 2.24) is 14.8 Å². The number of aromatic nitrogens is 1. The molecule has 1 aliphatic heterocycles. The maximum absolute atomic E-state index is 13.1. The fraction of sp³-hybridized carbons (Fsp3) is 0.786. The number of anilines is 1. The van der Waals surface area contributed by atoms with Gasteiger partial charge >= 0.3 is 0 Å². The number of hydrogen-bond acceptors (Lipinski definition) is 6. The predicted octanol–water partition coefficient (Wildman–Crippen LogP) is 3.90. The molecule has 0 aromatic carbocycles. The van der Waals surface area contributed by atoms with Crippen molar-refractivity contribution in [2.45, 2.75) is 85.7 Å². The molecule has 2 fully saturated rings. The first-order valence-corrected chi connectivity index (χ1v) is 14.8. The molecule has 1 aromatic rings. The summed E-state index contributed by atoms with van der Waals surface area (Å²) >= 11 is 1.56. The molecule has 37 heavy (non-hydrogen) atoms. The molecule has 0 unspecified atom stereocenters. The number of carbonyl (C=O) groups is 3. The fourth-order valence-corrected chi connectivity index (χ4v) is 8.54. The minimum atomic E-state index is -0.567. The molecule has 0 spiro atoms. The first kappa shape index (κ1) is 28.0. The Bertz CT molecular complexity index is 1020. The molecule has 1 saturated heterocycles. The van der Waals surface area contributed by atoms with Crippen LogP contribution in [0.15, 0.2) is 0 Å². The van der Waals surface area contributed by atoms with E-state index < -0.39 is 6.10 Å². The Labute approximate surface area is 225 Å². The van der Waals surface area contributed by atoms with E-state index in [1.165, 1.54) is 4.88 Å². The van der Waals surface area contributed by atoms with Crippen molar-refractivity contribution in [3.8, 4) is 0 Å². The third-order valence-electron chi connectivity index (χ3n) is 9.57. The molecule has 206 valence electrons. The van der Waals surface area contributed by atoms with Crippen LogP contribution < -0.4 is 5.32 Å². The lowest BCUT2D eigenvalue weighted by molar-refractivity contribution is -0.144. The number of fused-ring (bicyclic) bond motifs is 2. The van der Waals surface area contributed by atoms with Crippen LogP contribution in [0, 0.1) is 29.1 Å². The normalized spacial score (nSPS) is 30.7. The molecule has 2 heterocycles. The number of piperidine rings is 1. The second-order valence-electron chi connectivity index (χ2n) is 11.7. The van der Waals surface area contributed by atoms with Crippen molar-refractivity contribution in [2.75, 3.05) is 31.5 Å². The van der Waals surface area contributed by atoms with Crippen LogP contribution in [0.3, 0.4) is 0 Å². The van der Waals surface area contributed by atoms with Gasteiger partial charge in [0.25, 0.3) is 0 Å². The average Bonchev–Trinajstić information content (AvgIpc) is 3.26. The third kappa shape index (κ3) is 5.31. The molecule has 4 rings (SSSR count). The quantitative estimate of drug-likeness (QED) is 0.579. The van der Waals surface area contributed by atoms with Gasteiger partial charge in [0.1, 0.15) is 0 Å². The lowest BCUT2D eigenvalue weighted by Crippen LogP contribution is -2.53. The van der Waals surface area contributed by atoms with Crippen LogP contribution in [-0.2, 0) is 20.8 Å². The van der Waals surface area contributed by atoms with Crippen molar-refractivity contribution in [1.29, 1.82) is 0 Å². The molecular formula is C28H44N4O4S. The number of hydrogen-bond donors (Lipinski definition) is 2. The highest BCUT2D eigenvalue weighted by Gasteiger charge is 2.54. The number of rotatable bonds is 6. The Kier molecular flexibility index (Phi) is 8.34. The number of nitrogens with one attached hydrogen (secondary N) is 1. The number of likely N-dealkylation sites (tertiary alicyclic amines) is 1. The van der Waals surface area contributed by atoms with Crippen LogP contribution in [0.4, 0.5) is 5.13 Å². The van der Waals surface area contributed by atoms with Crippen LogP contribution in [0.25, 0.3) is 0 Å². The largest absolute Gasteiger partial charge is 0.392 e. The van der Waals surface area contributed by atoms with Gasteiger partial charge in [-0.2, -0.15) is 0 Å². The summed E-state index contributed by atoms with van der Waals surface area (Å²) < 4.78 is 0. The van der Waals surface area contributed by atoms with Crippen molar-refractivity contribution >= 4 is 34.2 Å². The van der Waals surface area contributed by atoms with E-state index in [9.17, 15) is 19.5 Å². The summed E-state index contributed by atoms with van der Waals surface area (Å²) in [6.45, 7) is 14.6. The summed E-state index contributed by atoms with van der Waals surface area (Å²) in [5.74, 6) is -0.144. The van der Waals surface area contributed by atoms with Gasteiger partial charge in [0, 0.05) is 55.7 Å². The average molecular weight is 533 g/mol. The van der Waals surface area contributed by atoms with Gasteiger partial charge in [0.2, 0.25) is 17.7 Å². The molecule has 2 N–H and O–H groups in total. The lowest BCUT2D eigenvalue weighted by Gasteiger charge is -2.53. The SMILES string of the molecule is CCN(CC)C(=O)[C@@H](C)[C@H]1CC[C@]2(C)Cc3sc(NC(=O)C4CCN(C(C)=O)CC4)nc3[C@@H](C)[C@@H]2[C@H]1O. The van der Waals surface area contributed by atoms with Gasteiger partial charge in [-0.3, -0.25) is 14.4 Å². The molecule has 9 heteroatoms. The van der Waals surface area contributed by atoms with Gasteiger partial charge < -0.3 is 20.2 Å². The molecule has 3 amide bonds. The first-order chi connectivity index (χ1) is 17.5.